The predicted molar refractivity (Wildman–Crippen MR) is 68.5 cm³/mol. The minimum absolute atomic E-state index is 0.180. The van der Waals surface area contributed by atoms with Crippen LogP contribution in [0.15, 0.2) is 12.1 Å². The summed E-state index contributed by atoms with van der Waals surface area (Å²) in [6.07, 6.45) is 2.12. The second-order valence-corrected chi connectivity index (χ2v) is 4.66. The summed E-state index contributed by atoms with van der Waals surface area (Å²) in [5.74, 6) is 0.627. The maximum absolute atomic E-state index is 14.1. The Morgan fingerprint density at radius 1 is 1.39 bits per heavy atom. The van der Waals surface area contributed by atoms with Crippen LogP contribution in [0.25, 0.3) is 0 Å². The normalized spacial score (nSPS) is 19.8. The van der Waals surface area contributed by atoms with Gasteiger partial charge in [-0.15, -0.1) is 0 Å². The zero-order valence-corrected chi connectivity index (χ0v) is 11.0. The van der Waals surface area contributed by atoms with Gasteiger partial charge in [0.15, 0.2) is 0 Å². The molecule has 0 bridgehead atoms. The van der Waals surface area contributed by atoms with Crippen molar-refractivity contribution in [3.8, 4) is 5.75 Å². The van der Waals surface area contributed by atoms with Gasteiger partial charge in [0.05, 0.1) is 13.7 Å². The molecule has 1 aliphatic heterocycles. The third kappa shape index (κ3) is 2.82. The Morgan fingerprint density at radius 3 is 2.83 bits per heavy atom. The molecule has 0 saturated carbocycles. The van der Waals surface area contributed by atoms with E-state index >= 15 is 0 Å². The van der Waals surface area contributed by atoms with Crippen molar-refractivity contribution in [2.45, 2.75) is 25.4 Å². The topological polar surface area (TPSA) is 30.5 Å². The Hall–Kier alpha value is -1.13. The molecule has 0 amide bonds. The number of hydrogen-bond donors (Lipinski definition) is 1. The molecule has 0 aromatic heterocycles. The van der Waals surface area contributed by atoms with Crippen LogP contribution in [0.3, 0.4) is 0 Å². The van der Waals surface area contributed by atoms with Crippen LogP contribution >= 0.6 is 0 Å². The lowest BCUT2D eigenvalue weighted by Gasteiger charge is -2.24. The molecule has 1 aromatic carbocycles. The fourth-order valence-electron chi connectivity index (χ4n) is 2.51. The highest BCUT2D eigenvalue weighted by Gasteiger charge is 2.20. The van der Waals surface area contributed by atoms with Gasteiger partial charge in [-0.1, -0.05) is 0 Å². The highest BCUT2D eigenvalue weighted by molar-refractivity contribution is 5.39. The lowest BCUT2D eigenvalue weighted by atomic mass is 9.90. The first-order valence-corrected chi connectivity index (χ1v) is 6.32. The monoisotopic (exact) mass is 253 g/mol. The first-order valence-electron chi connectivity index (χ1n) is 6.32. The highest BCUT2D eigenvalue weighted by Crippen LogP contribution is 2.31. The molecule has 1 fully saturated rings. The van der Waals surface area contributed by atoms with Gasteiger partial charge in [-0.05, 0) is 36.9 Å². The second-order valence-electron chi connectivity index (χ2n) is 4.66. The number of halogens is 1. The first-order chi connectivity index (χ1) is 8.76. The Bertz CT molecular complexity index is 403. The fraction of sp³-hybridized carbons (Fsp3) is 0.571. The summed E-state index contributed by atoms with van der Waals surface area (Å²) in [6, 6.07) is 3.35. The number of benzene rings is 1. The molecule has 0 aliphatic carbocycles. The lowest BCUT2D eigenvalue weighted by molar-refractivity contribution is 0.181. The molecule has 3 nitrogen and oxygen atoms in total. The number of rotatable bonds is 4. The van der Waals surface area contributed by atoms with Crippen molar-refractivity contribution in [2.75, 3.05) is 27.3 Å². The van der Waals surface area contributed by atoms with Gasteiger partial charge in [-0.25, -0.2) is 4.39 Å². The van der Waals surface area contributed by atoms with Crippen LogP contribution in [0.4, 0.5) is 4.39 Å². The maximum atomic E-state index is 14.1. The highest BCUT2D eigenvalue weighted by atomic mass is 19.1. The molecule has 1 aliphatic rings. The maximum Gasteiger partial charge on any atom is 0.130 e. The van der Waals surface area contributed by atoms with E-state index in [4.69, 9.17) is 9.47 Å². The minimum atomic E-state index is -0.180. The zero-order valence-electron chi connectivity index (χ0n) is 11.0. The van der Waals surface area contributed by atoms with Crippen LogP contribution in [-0.4, -0.2) is 27.3 Å². The molecule has 1 atom stereocenters. The number of nitrogens with one attached hydrogen (secondary N) is 1. The van der Waals surface area contributed by atoms with Gasteiger partial charge < -0.3 is 14.8 Å². The van der Waals surface area contributed by atoms with Gasteiger partial charge in [-0.2, -0.15) is 0 Å². The van der Waals surface area contributed by atoms with Crippen LogP contribution in [0.2, 0.25) is 0 Å². The van der Waals surface area contributed by atoms with Crippen molar-refractivity contribution in [1.82, 2.24) is 5.32 Å². The van der Waals surface area contributed by atoms with Crippen molar-refractivity contribution in [3.63, 3.8) is 0 Å². The van der Waals surface area contributed by atoms with Crippen LogP contribution in [0.5, 0.6) is 5.75 Å². The summed E-state index contributed by atoms with van der Waals surface area (Å²) in [5.41, 5.74) is 1.68. The quantitative estimate of drug-likeness (QED) is 0.894. The second kappa shape index (κ2) is 6.16. The van der Waals surface area contributed by atoms with Crippen molar-refractivity contribution < 1.29 is 13.9 Å². The number of piperidine rings is 1. The van der Waals surface area contributed by atoms with Gasteiger partial charge >= 0.3 is 0 Å². The molecule has 0 spiro atoms. The molecule has 1 saturated heterocycles. The average Bonchev–Trinajstić information content (AvgIpc) is 2.41. The first kappa shape index (κ1) is 13.3. The average molecular weight is 253 g/mol. The molecule has 1 N–H and O–H groups in total. The predicted octanol–water partition coefficient (Wildman–Crippen LogP) is 2.45. The summed E-state index contributed by atoms with van der Waals surface area (Å²) < 4.78 is 24.4. The lowest BCUT2D eigenvalue weighted by Crippen LogP contribution is -2.29. The molecule has 0 radical (unpaired) electrons. The summed E-state index contributed by atoms with van der Waals surface area (Å²) >= 11 is 0. The van der Waals surface area contributed by atoms with Crippen LogP contribution in [0, 0.1) is 5.82 Å². The molecular formula is C14H20FNO2. The fourth-order valence-corrected chi connectivity index (χ4v) is 2.51. The van der Waals surface area contributed by atoms with E-state index in [1.165, 1.54) is 6.07 Å². The molecule has 4 heteroatoms. The number of hydrogen-bond acceptors (Lipinski definition) is 3. The van der Waals surface area contributed by atoms with Crippen molar-refractivity contribution in [3.05, 3.63) is 29.1 Å². The molecule has 100 valence electrons. The van der Waals surface area contributed by atoms with E-state index in [1.54, 1.807) is 14.2 Å². The van der Waals surface area contributed by atoms with Crippen molar-refractivity contribution >= 4 is 0 Å². The van der Waals surface area contributed by atoms with Crippen LogP contribution < -0.4 is 10.1 Å². The summed E-state index contributed by atoms with van der Waals surface area (Å²) in [7, 11) is 3.18. The largest absolute Gasteiger partial charge is 0.496 e. The van der Waals surface area contributed by atoms with E-state index < -0.39 is 0 Å². The molecular weight excluding hydrogens is 233 g/mol. The number of methoxy groups -OCH3 is 2. The van der Waals surface area contributed by atoms with Crippen molar-refractivity contribution in [2.24, 2.45) is 0 Å². The van der Waals surface area contributed by atoms with Gasteiger partial charge in [0.1, 0.15) is 11.6 Å². The van der Waals surface area contributed by atoms with E-state index in [2.05, 4.69) is 5.32 Å². The summed E-state index contributed by atoms with van der Waals surface area (Å²) in [4.78, 5) is 0. The smallest absolute Gasteiger partial charge is 0.130 e. The van der Waals surface area contributed by atoms with E-state index in [0.717, 1.165) is 37.1 Å². The molecule has 1 heterocycles. The van der Waals surface area contributed by atoms with Gasteiger partial charge in [0.25, 0.3) is 0 Å². The molecule has 1 aromatic rings. The van der Waals surface area contributed by atoms with Gasteiger partial charge in [0, 0.05) is 25.3 Å². The van der Waals surface area contributed by atoms with E-state index in [9.17, 15) is 4.39 Å². The Kier molecular flexibility index (Phi) is 4.55. The molecule has 1 unspecified atom stereocenters. The Balaban J connectivity index is 2.31. The minimum Gasteiger partial charge on any atom is -0.496 e. The van der Waals surface area contributed by atoms with Crippen molar-refractivity contribution in [1.29, 1.82) is 0 Å². The van der Waals surface area contributed by atoms with Gasteiger partial charge in [0.2, 0.25) is 0 Å². The standard InChI is InChI=1S/C14H20FNO2/c1-17-9-11-6-12(10-4-3-5-16-8-10)13(15)7-14(11)18-2/h6-7,10,16H,3-5,8-9H2,1-2H3. The van der Waals surface area contributed by atoms with Crippen LogP contribution in [-0.2, 0) is 11.3 Å². The Morgan fingerprint density at radius 2 is 2.22 bits per heavy atom. The third-order valence-corrected chi connectivity index (χ3v) is 3.44. The molecule has 2 rings (SSSR count). The van der Waals surface area contributed by atoms with Crippen LogP contribution in [0.1, 0.15) is 29.9 Å². The van der Waals surface area contributed by atoms with Gasteiger partial charge in [-0.3, -0.25) is 0 Å². The third-order valence-electron chi connectivity index (χ3n) is 3.44. The molecule has 18 heavy (non-hydrogen) atoms. The zero-order chi connectivity index (χ0) is 13.0. The number of ether oxygens (including phenoxy) is 2. The summed E-state index contributed by atoms with van der Waals surface area (Å²) in [6.45, 7) is 2.31. The Labute approximate surface area is 107 Å². The van der Waals surface area contributed by atoms with E-state index in [0.29, 0.717) is 12.4 Å². The van der Waals surface area contributed by atoms with E-state index in [1.807, 2.05) is 6.07 Å². The summed E-state index contributed by atoms with van der Waals surface area (Å²) in [5, 5.41) is 3.31. The van der Waals surface area contributed by atoms with E-state index in [-0.39, 0.29) is 11.7 Å². The SMILES string of the molecule is COCc1cc(C2CCCNC2)c(F)cc1OC.